The number of rotatable bonds is 8. The average Bonchev–Trinajstić information content (AvgIpc) is 2.41. The molecule has 1 atom stereocenters. The molecule has 1 unspecified atom stereocenters. The van der Waals surface area contributed by atoms with Crippen LogP contribution in [-0.4, -0.2) is 24.7 Å². The Hall–Kier alpha value is -1.36. The van der Waals surface area contributed by atoms with Crippen LogP contribution in [0.1, 0.15) is 49.0 Å². The van der Waals surface area contributed by atoms with E-state index in [2.05, 4.69) is 0 Å². The first-order valence-corrected chi connectivity index (χ1v) is 7.12. The first-order chi connectivity index (χ1) is 9.84. The molecule has 1 rings (SSSR count). The summed E-state index contributed by atoms with van der Waals surface area (Å²) in [6, 6.07) is 6.97. The van der Waals surface area contributed by atoms with Crippen molar-refractivity contribution in [2.45, 2.75) is 51.8 Å². The Kier molecular flexibility index (Phi) is 6.89. The van der Waals surface area contributed by atoms with Gasteiger partial charge < -0.3 is 4.74 Å². The minimum atomic E-state index is -4.31. The molecule has 2 nitrogen and oxygen atoms in total. The van der Waals surface area contributed by atoms with E-state index in [0.717, 1.165) is 5.56 Å². The molecule has 0 spiro atoms. The van der Waals surface area contributed by atoms with Crippen LogP contribution in [0.5, 0.6) is 0 Å². The highest BCUT2D eigenvalue weighted by Crippen LogP contribution is 2.27. The lowest BCUT2D eigenvalue weighted by Crippen LogP contribution is -2.32. The molecular weight excluding hydrogens is 281 g/mol. The number of carbonyl (C=O) groups excluding carboxylic acids is 1. The van der Waals surface area contributed by atoms with Gasteiger partial charge in [0.15, 0.2) is 11.9 Å². The number of ketones is 1. The normalized spacial score (nSPS) is 13.2. The van der Waals surface area contributed by atoms with E-state index in [1.54, 1.807) is 31.2 Å². The Morgan fingerprint density at radius 2 is 1.86 bits per heavy atom. The SMILES string of the molecule is CCCOC(CCCc1ccc(C(C)=O)cc1)C(F)(F)F. The van der Waals surface area contributed by atoms with Crippen molar-refractivity contribution < 1.29 is 22.7 Å². The van der Waals surface area contributed by atoms with E-state index in [0.29, 0.717) is 24.8 Å². The van der Waals surface area contributed by atoms with Gasteiger partial charge in [0, 0.05) is 12.2 Å². The van der Waals surface area contributed by atoms with Gasteiger partial charge in [-0.1, -0.05) is 31.2 Å². The molecule has 5 heteroatoms. The molecule has 0 N–H and O–H groups in total. The maximum Gasteiger partial charge on any atom is 0.414 e. The summed E-state index contributed by atoms with van der Waals surface area (Å²) < 4.78 is 43.1. The van der Waals surface area contributed by atoms with Gasteiger partial charge in [0.1, 0.15) is 0 Å². The van der Waals surface area contributed by atoms with Crippen molar-refractivity contribution in [2.24, 2.45) is 0 Å². The lowest BCUT2D eigenvalue weighted by Gasteiger charge is -2.20. The highest BCUT2D eigenvalue weighted by molar-refractivity contribution is 5.93. The fraction of sp³-hybridized carbons (Fsp3) is 0.562. The zero-order valence-corrected chi connectivity index (χ0v) is 12.4. The predicted octanol–water partition coefficient (Wildman–Crippen LogP) is 4.57. The number of halogens is 3. The molecule has 21 heavy (non-hydrogen) atoms. The predicted molar refractivity (Wildman–Crippen MR) is 75.5 cm³/mol. The molecule has 0 bridgehead atoms. The maximum absolute atomic E-state index is 12.7. The molecule has 0 aliphatic heterocycles. The van der Waals surface area contributed by atoms with Gasteiger partial charge in [-0.05, 0) is 38.2 Å². The van der Waals surface area contributed by atoms with Gasteiger partial charge >= 0.3 is 6.18 Å². The van der Waals surface area contributed by atoms with E-state index < -0.39 is 12.3 Å². The molecule has 118 valence electrons. The van der Waals surface area contributed by atoms with Crippen LogP contribution in [0.3, 0.4) is 0 Å². The summed E-state index contributed by atoms with van der Waals surface area (Å²) in [6.45, 7) is 3.38. The third kappa shape index (κ3) is 6.29. The summed E-state index contributed by atoms with van der Waals surface area (Å²) >= 11 is 0. The monoisotopic (exact) mass is 302 g/mol. The largest absolute Gasteiger partial charge is 0.414 e. The van der Waals surface area contributed by atoms with Gasteiger partial charge in [-0.3, -0.25) is 4.79 Å². The molecule has 0 saturated carbocycles. The van der Waals surface area contributed by atoms with Crippen molar-refractivity contribution in [1.82, 2.24) is 0 Å². The summed E-state index contributed by atoms with van der Waals surface area (Å²) in [4.78, 5) is 11.1. The van der Waals surface area contributed by atoms with Gasteiger partial charge in [-0.2, -0.15) is 13.2 Å². The van der Waals surface area contributed by atoms with E-state index in [-0.39, 0.29) is 18.8 Å². The molecule has 0 saturated heterocycles. The Bertz CT molecular complexity index is 438. The summed E-state index contributed by atoms with van der Waals surface area (Å²) in [5.41, 5.74) is 1.54. The third-order valence-electron chi connectivity index (χ3n) is 3.18. The van der Waals surface area contributed by atoms with Crippen molar-refractivity contribution in [1.29, 1.82) is 0 Å². The second kappa shape index (κ2) is 8.17. The minimum absolute atomic E-state index is 0.0216. The van der Waals surface area contributed by atoms with Crippen LogP contribution < -0.4 is 0 Å². The topological polar surface area (TPSA) is 26.3 Å². The van der Waals surface area contributed by atoms with Crippen molar-refractivity contribution in [3.63, 3.8) is 0 Å². The van der Waals surface area contributed by atoms with E-state index in [1.807, 2.05) is 0 Å². The molecular formula is C16H21F3O2. The lowest BCUT2D eigenvalue weighted by atomic mass is 10.0. The smallest absolute Gasteiger partial charge is 0.369 e. The van der Waals surface area contributed by atoms with Crippen LogP contribution in [0.15, 0.2) is 24.3 Å². The minimum Gasteiger partial charge on any atom is -0.369 e. The Morgan fingerprint density at radius 1 is 1.24 bits per heavy atom. The Balaban J connectivity index is 2.47. The van der Waals surface area contributed by atoms with Gasteiger partial charge in [0.2, 0.25) is 0 Å². The molecule has 0 aromatic heterocycles. The number of hydrogen-bond donors (Lipinski definition) is 0. The molecule has 0 heterocycles. The summed E-state index contributed by atoms with van der Waals surface area (Å²) in [7, 11) is 0. The Morgan fingerprint density at radius 3 is 2.33 bits per heavy atom. The number of alkyl halides is 3. The van der Waals surface area contributed by atoms with Crippen molar-refractivity contribution in [2.75, 3.05) is 6.61 Å². The fourth-order valence-corrected chi connectivity index (χ4v) is 2.00. The lowest BCUT2D eigenvalue weighted by molar-refractivity contribution is -0.222. The van der Waals surface area contributed by atoms with E-state index in [1.165, 1.54) is 6.92 Å². The highest BCUT2D eigenvalue weighted by Gasteiger charge is 2.39. The molecule has 0 aliphatic carbocycles. The first-order valence-electron chi connectivity index (χ1n) is 7.12. The summed E-state index contributed by atoms with van der Waals surface area (Å²) in [6.07, 6.45) is -4.54. The van der Waals surface area contributed by atoms with Crippen LogP contribution >= 0.6 is 0 Å². The first kappa shape index (κ1) is 17.7. The second-order valence-corrected chi connectivity index (χ2v) is 5.05. The van der Waals surface area contributed by atoms with Crippen LogP contribution in [-0.2, 0) is 11.2 Å². The molecule has 1 aromatic carbocycles. The number of ether oxygens (including phenoxy) is 1. The van der Waals surface area contributed by atoms with E-state index >= 15 is 0 Å². The van der Waals surface area contributed by atoms with Gasteiger partial charge in [0.05, 0.1) is 0 Å². The van der Waals surface area contributed by atoms with E-state index in [4.69, 9.17) is 4.74 Å². The van der Waals surface area contributed by atoms with Crippen LogP contribution in [0.25, 0.3) is 0 Å². The van der Waals surface area contributed by atoms with Crippen molar-refractivity contribution >= 4 is 5.78 Å². The second-order valence-electron chi connectivity index (χ2n) is 5.05. The fourth-order valence-electron chi connectivity index (χ4n) is 2.00. The zero-order valence-electron chi connectivity index (χ0n) is 12.4. The molecule has 1 aromatic rings. The van der Waals surface area contributed by atoms with Gasteiger partial charge in [-0.25, -0.2) is 0 Å². The van der Waals surface area contributed by atoms with Crippen LogP contribution in [0.2, 0.25) is 0 Å². The quantitative estimate of drug-likeness (QED) is 0.658. The molecule has 0 fully saturated rings. The number of aryl methyl sites for hydroxylation is 1. The van der Waals surface area contributed by atoms with Gasteiger partial charge in [-0.15, -0.1) is 0 Å². The zero-order chi connectivity index (χ0) is 15.9. The standard InChI is InChI=1S/C16H21F3O2/c1-3-11-21-15(16(17,18)19)6-4-5-13-7-9-14(10-8-13)12(2)20/h7-10,15H,3-6,11H2,1-2H3. The molecule has 0 aliphatic rings. The number of hydrogen-bond acceptors (Lipinski definition) is 2. The number of Topliss-reactive ketones (excluding diaryl/α,β-unsaturated/α-hetero) is 1. The van der Waals surface area contributed by atoms with Crippen LogP contribution in [0, 0.1) is 0 Å². The van der Waals surface area contributed by atoms with Crippen molar-refractivity contribution in [3.05, 3.63) is 35.4 Å². The molecule has 0 radical (unpaired) electrons. The molecule has 0 amide bonds. The number of benzene rings is 1. The van der Waals surface area contributed by atoms with Crippen molar-refractivity contribution in [3.8, 4) is 0 Å². The Labute approximate surface area is 123 Å². The van der Waals surface area contributed by atoms with Gasteiger partial charge in [0.25, 0.3) is 0 Å². The number of carbonyl (C=O) groups is 1. The highest BCUT2D eigenvalue weighted by atomic mass is 19.4. The summed E-state index contributed by atoms with van der Waals surface area (Å²) in [5.74, 6) is -0.0216. The average molecular weight is 302 g/mol. The maximum atomic E-state index is 12.7. The van der Waals surface area contributed by atoms with Crippen LogP contribution in [0.4, 0.5) is 13.2 Å². The van der Waals surface area contributed by atoms with E-state index in [9.17, 15) is 18.0 Å². The third-order valence-corrected chi connectivity index (χ3v) is 3.18. The summed E-state index contributed by atoms with van der Waals surface area (Å²) in [5, 5.41) is 0.